The SMILES string of the molecule is CC(CC(=O)C(OC1CCNCC1)C(=O)O)C(=O)c1ccccc1C(=N)N. The second kappa shape index (κ2) is 9.38. The molecule has 1 fully saturated rings. The van der Waals surface area contributed by atoms with Gasteiger partial charge < -0.3 is 20.9 Å². The van der Waals surface area contributed by atoms with Crippen LogP contribution < -0.4 is 11.1 Å². The van der Waals surface area contributed by atoms with E-state index in [9.17, 15) is 19.5 Å². The number of nitrogen functional groups attached to an aromatic ring is 1. The number of Topliss-reactive ketones (excluding diaryl/α,β-unsaturated/α-hetero) is 2. The lowest BCUT2D eigenvalue weighted by Crippen LogP contribution is -2.41. The van der Waals surface area contributed by atoms with Crippen molar-refractivity contribution >= 4 is 23.4 Å². The van der Waals surface area contributed by atoms with Crippen LogP contribution in [0.25, 0.3) is 0 Å². The van der Waals surface area contributed by atoms with E-state index in [-0.39, 0.29) is 29.7 Å². The predicted octanol–water partition coefficient (Wildman–Crippen LogP) is 0.970. The van der Waals surface area contributed by atoms with E-state index in [1.807, 2.05) is 0 Å². The Bertz CT molecular complexity index is 728. The van der Waals surface area contributed by atoms with Crippen LogP contribution in [0, 0.1) is 11.3 Å². The molecule has 0 radical (unpaired) electrons. The summed E-state index contributed by atoms with van der Waals surface area (Å²) in [6.45, 7) is 2.98. The van der Waals surface area contributed by atoms with E-state index in [4.69, 9.17) is 15.9 Å². The summed E-state index contributed by atoms with van der Waals surface area (Å²) in [5.41, 5.74) is 6.05. The molecule has 0 aromatic heterocycles. The molecular formula is C19H25N3O5. The lowest BCUT2D eigenvalue weighted by molar-refractivity contribution is -0.161. The molecule has 27 heavy (non-hydrogen) atoms. The van der Waals surface area contributed by atoms with Crippen LogP contribution in [0.5, 0.6) is 0 Å². The number of carboxylic acid groups (broad SMARTS) is 1. The Morgan fingerprint density at radius 3 is 2.41 bits per heavy atom. The van der Waals surface area contributed by atoms with Gasteiger partial charge in [0.05, 0.1) is 6.10 Å². The first-order chi connectivity index (χ1) is 12.8. The van der Waals surface area contributed by atoms with Crippen molar-refractivity contribution in [2.24, 2.45) is 11.7 Å². The molecule has 0 amide bonds. The summed E-state index contributed by atoms with van der Waals surface area (Å²) in [6, 6.07) is 6.41. The van der Waals surface area contributed by atoms with Gasteiger partial charge in [-0.2, -0.15) is 0 Å². The van der Waals surface area contributed by atoms with Crippen LogP contribution in [-0.2, 0) is 14.3 Å². The molecule has 1 heterocycles. The molecule has 5 N–H and O–H groups in total. The molecule has 0 aliphatic carbocycles. The number of hydrogen-bond donors (Lipinski definition) is 4. The Labute approximate surface area is 157 Å². The molecule has 1 aromatic rings. The lowest BCUT2D eigenvalue weighted by Gasteiger charge is -2.26. The number of benzene rings is 1. The number of piperidine rings is 1. The zero-order valence-corrected chi connectivity index (χ0v) is 15.2. The molecule has 2 rings (SSSR count). The number of carbonyl (C=O) groups excluding carboxylic acids is 2. The Kier molecular flexibility index (Phi) is 7.20. The van der Waals surface area contributed by atoms with Crippen molar-refractivity contribution in [3.63, 3.8) is 0 Å². The first-order valence-electron chi connectivity index (χ1n) is 8.90. The molecule has 8 heteroatoms. The number of ketones is 2. The van der Waals surface area contributed by atoms with Crippen molar-refractivity contribution < 1.29 is 24.2 Å². The van der Waals surface area contributed by atoms with Crippen LogP contribution in [0.1, 0.15) is 42.1 Å². The van der Waals surface area contributed by atoms with Gasteiger partial charge in [-0.1, -0.05) is 31.2 Å². The quantitative estimate of drug-likeness (QED) is 0.218. The predicted molar refractivity (Wildman–Crippen MR) is 99.0 cm³/mol. The number of hydrogen-bond acceptors (Lipinski definition) is 6. The number of ether oxygens (including phenoxy) is 1. The summed E-state index contributed by atoms with van der Waals surface area (Å²) in [5.74, 6) is -3.34. The molecule has 1 saturated heterocycles. The van der Waals surface area contributed by atoms with E-state index >= 15 is 0 Å². The van der Waals surface area contributed by atoms with Gasteiger partial charge >= 0.3 is 5.97 Å². The first kappa shape index (κ1) is 20.7. The zero-order valence-electron chi connectivity index (χ0n) is 15.2. The number of rotatable bonds is 9. The maximum Gasteiger partial charge on any atom is 0.340 e. The molecule has 0 saturated carbocycles. The van der Waals surface area contributed by atoms with Gasteiger partial charge in [0.1, 0.15) is 5.84 Å². The molecule has 1 aliphatic heterocycles. The van der Waals surface area contributed by atoms with Crippen molar-refractivity contribution in [1.82, 2.24) is 5.32 Å². The summed E-state index contributed by atoms with van der Waals surface area (Å²) in [6.07, 6.45) is -0.852. The van der Waals surface area contributed by atoms with Crippen molar-refractivity contribution in [3.8, 4) is 0 Å². The number of aliphatic carboxylic acids is 1. The summed E-state index contributed by atoms with van der Waals surface area (Å²) in [7, 11) is 0. The maximum absolute atomic E-state index is 12.7. The van der Waals surface area contributed by atoms with Gasteiger partial charge in [-0.05, 0) is 25.9 Å². The van der Waals surface area contributed by atoms with E-state index in [0.717, 1.165) is 0 Å². The Hall–Kier alpha value is -2.58. The third-order valence-corrected chi connectivity index (χ3v) is 4.57. The normalized spacial score (nSPS) is 17.1. The van der Waals surface area contributed by atoms with E-state index in [1.165, 1.54) is 0 Å². The second-order valence-corrected chi connectivity index (χ2v) is 6.70. The fourth-order valence-electron chi connectivity index (χ4n) is 3.10. The van der Waals surface area contributed by atoms with E-state index in [2.05, 4.69) is 5.32 Å². The number of amidine groups is 1. The smallest absolute Gasteiger partial charge is 0.340 e. The maximum atomic E-state index is 12.7. The van der Waals surface area contributed by atoms with Gasteiger partial charge in [0, 0.05) is 23.5 Å². The van der Waals surface area contributed by atoms with Crippen molar-refractivity contribution in [2.75, 3.05) is 13.1 Å². The fourth-order valence-corrected chi connectivity index (χ4v) is 3.10. The van der Waals surface area contributed by atoms with Crippen LogP contribution in [0.15, 0.2) is 24.3 Å². The van der Waals surface area contributed by atoms with Crippen molar-refractivity contribution in [2.45, 2.75) is 38.4 Å². The fraction of sp³-hybridized carbons (Fsp3) is 0.474. The minimum Gasteiger partial charge on any atom is -0.479 e. The molecule has 1 aromatic carbocycles. The second-order valence-electron chi connectivity index (χ2n) is 6.70. The topological polar surface area (TPSA) is 143 Å². The molecule has 2 unspecified atom stereocenters. The van der Waals surface area contributed by atoms with Crippen LogP contribution in [0.3, 0.4) is 0 Å². The molecule has 2 atom stereocenters. The number of nitrogens with one attached hydrogen (secondary N) is 2. The van der Waals surface area contributed by atoms with Gasteiger partial charge in [-0.15, -0.1) is 0 Å². The third-order valence-electron chi connectivity index (χ3n) is 4.57. The molecule has 1 aliphatic rings. The largest absolute Gasteiger partial charge is 0.479 e. The van der Waals surface area contributed by atoms with E-state index in [1.54, 1.807) is 31.2 Å². The van der Waals surface area contributed by atoms with E-state index < -0.39 is 23.8 Å². The zero-order chi connectivity index (χ0) is 20.0. The minimum absolute atomic E-state index is 0.241. The first-order valence-corrected chi connectivity index (χ1v) is 8.90. The highest BCUT2D eigenvalue weighted by molar-refractivity contribution is 6.10. The molecule has 0 bridgehead atoms. The summed E-state index contributed by atoms with van der Waals surface area (Å²) in [4.78, 5) is 36.7. The number of carboxylic acids is 1. The van der Waals surface area contributed by atoms with Crippen molar-refractivity contribution in [3.05, 3.63) is 35.4 Å². The van der Waals surface area contributed by atoms with Crippen molar-refractivity contribution in [1.29, 1.82) is 5.41 Å². The highest BCUT2D eigenvalue weighted by Gasteiger charge is 2.33. The van der Waals surface area contributed by atoms with Gasteiger partial charge in [0.25, 0.3) is 0 Å². The average Bonchev–Trinajstić information content (AvgIpc) is 2.65. The average molecular weight is 375 g/mol. The third kappa shape index (κ3) is 5.45. The monoisotopic (exact) mass is 375 g/mol. The lowest BCUT2D eigenvalue weighted by atomic mass is 9.90. The molecular weight excluding hydrogens is 350 g/mol. The van der Waals surface area contributed by atoms with Gasteiger partial charge in [0.15, 0.2) is 11.6 Å². The standard InChI is InChI=1S/C19H25N3O5/c1-11(16(24)13-4-2-3-5-14(13)18(20)21)10-15(23)17(19(25)26)27-12-6-8-22-9-7-12/h2-5,11-12,17,22H,6-10H2,1H3,(H3,20,21)(H,25,26). The molecule has 0 spiro atoms. The molecule has 8 nitrogen and oxygen atoms in total. The molecule has 146 valence electrons. The van der Waals surface area contributed by atoms with Crippen LogP contribution in [0.2, 0.25) is 0 Å². The Balaban J connectivity index is 2.07. The van der Waals surface area contributed by atoms with Gasteiger partial charge in [0.2, 0.25) is 6.10 Å². The van der Waals surface area contributed by atoms with E-state index in [0.29, 0.717) is 31.5 Å². The summed E-state index contributed by atoms with van der Waals surface area (Å²) in [5, 5.41) is 20.1. The highest BCUT2D eigenvalue weighted by atomic mass is 16.5. The van der Waals surface area contributed by atoms with Crippen LogP contribution >= 0.6 is 0 Å². The highest BCUT2D eigenvalue weighted by Crippen LogP contribution is 2.19. The van der Waals surface area contributed by atoms with Gasteiger partial charge in [-0.3, -0.25) is 15.0 Å². The number of nitrogens with two attached hydrogens (primary N) is 1. The van der Waals surface area contributed by atoms with Crippen LogP contribution in [0.4, 0.5) is 0 Å². The summed E-state index contributed by atoms with van der Waals surface area (Å²) < 4.78 is 5.51. The minimum atomic E-state index is -1.58. The summed E-state index contributed by atoms with van der Waals surface area (Å²) >= 11 is 0. The Morgan fingerprint density at radius 2 is 1.85 bits per heavy atom. The Morgan fingerprint density at radius 1 is 1.26 bits per heavy atom. The van der Waals surface area contributed by atoms with Gasteiger partial charge in [-0.25, -0.2) is 4.79 Å². The number of carbonyl (C=O) groups is 3. The van der Waals surface area contributed by atoms with Crippen LogP contribution in [-0.4, -0.2) is 53.8 Å².